The molecule has 2 aliphatic heterocycles. The predicted octanol–water partition coefficient (Wildman–Crippen LogP) is 5.91. The second-order valence-corrected chi connectivity index (χ2v) is 28.2. The quantitative estimate of drug-likeness (QED) is 0.232. The van der Waals surface area contributed by atoms with Gasteiger partial charge in [-0.05, 0) is 106 Å². The van der Waals surface area contributed by atoms with E-state index in [0.29, 0.717) is 68.4 Å². The van der Waals surface area contributed by atoms with Crippen LogP contribution < -0.4 is 16.0 Å². The van der Waals surface area contributed by atoms with Crippen LogP contribution in [0.2, 0.25) is 0 Å². The maximum atomic E-state index is 15.9. The van der Waals surface area contributed by atoms with E-state index in [0.717, 1.165) is 45.3 Å². The van der Waals surface area contributed by atoms with Crippen LogP contribution in [0.4, 0.5) is 30.7 Å². The van der Waals surface area contributed by atoms with E-state index >= 15 is 18.4 Å². The van der Waals surface area contributed by atoms with Gasteiger partial charge in [0.05, 0.1) is 26.2 Å². The highest BCUT2D eigenvalue weighted by Crippen LogP contribution is 2.40. The van der Waals surface area contributed by atoms with E-state index in [4.69, 9.17) is 0 Å². The number of rotatable bonds is 10. The van der Waals surface area contributed by atoms with Crippen LogP contribution in [0.5, 0.6) is 0 Å². The van der Waals surface area contributed by atoms with Gasteiger partial charge in [-0.2, -0.15) is 13.2 Å². The Kier molecular flexibility index (Phi) is 26.8. The van der Waals surface area contributed by atoms with Crippen molar-refractivity contribution in [2.75, 3.05) is 75.5 Å². The molecule has 1 unspecified atom stereocenters. The van der Waals surface area contributed by atoms with Gasteiger partial charge in [-0.25, -0.2) is 17.6 Å². The van der Waals surface area contributed by atoms with Crippen LogP contribution in [0.3, 0.4) is 0 Å². The van der Waals surface area contributed by atoms with Crippen molar-refractivity contribution in [3.05, 3.63) is 34.9 Å². The maximum absolute atomic E-state index is 15.9. The Morgan fingerprint density at radius 2 is 1.19 bits per heavy atom. The molecule has 6 rings (SSSR count). The number of benzene rings is 1. The fraction of sp³-hybridized carbons (Fsp3) is 0.746. The molecule has 1 aromatic rings. The smallest absolute Gasteiger partial charge is 0.343 e. The first-order valence-corrected chi connectivity index (χ1v) is 33.8. The summed E-state index contributed by atoms with van der Waals surface area (Å²) in [6.07, 6.45) is -0.106. The monoisotopic (exact) mass is 1370 g/mol. The van der Waals surface area contributed by atoms with Crippen LogP contribution in [-0.2, 0) is 65.3 Å². The number of aryl methyl sites for hydroxylation is 1. The van der Waals surface area contributed by atoms with Gasteiger partial charge in [0.1, 0.15) is 59.0 Å². The van der Waals surface area contributed by atoms with E-state index in [1.165, 1.54) is 64.0 Å². The lowest BCUT2D eigenvalue weighted by atomic mass is 9.74. The molecule has 2 saturated heterocycles. The van der Waals surface area contributed by atoms with Gasteiger partial charge in [0.25, 0.3) is 5.92 Å². The van der Waals surface area contributed by atoms with Crippen LogP contribution in [0.1, 0.15) is 168 Å². The highest BCUT2D eigenvalue weighted by molar-refractivity contribution is 6.00. The third kappa shape index (κ3) is 19.2. The van der Waals surface area contributed by atoms with Gasteiger partial charge >= 0.3 is 6.18 Å². The van der Waals surface area contributed by atoms with Crippen molar-refractivity contribution in [1.82, 2.24) is 55.1 Å². The van der Waals surface area contributed by atoms with Crippen LogP contribution in [0, 0.1) is 35.3 Å². The predicted molar refractivity (Wildman–Crippen MR) is 339 cm³/mol. The largest absolute Gasteiger partial charge is 0.422 e. The SMILES string of the molecule is CC[C@H](C)[C@@H]1NC(=O)[C@H](CC(C)C)N(C)C(=O)C[C@@H](C)N(C)C(=O)[C@H](C2CCCCC2)N(C)C(=O)C2(CCC2)NC(=O)C2CC(F)(F)CN2C(=O)[C@H](CCc2cc(F)c(C(F)(F)F)c(F)c2)NC(=O)CN(C)C(=O)[C@H](CC2CCCCC2)N(C)C(=O)CN(C)C(=O)CN(C)C1=O. The fourth-order valence-electron chi connectivity index (χ4n) is 14.1. The van der Waals surface area contributed by atoms with Gasteiger partial charge in [-0.15, -0.1) is 0 Å². The Morgan fingerprint density at radius 1 is 0.625 bits per heavy atom. The van der Waals surface area contributed by atoms with E-state index in [2.05, 4.69) is 16.0 Å². The minimum absolute atomic E-state index is 0.0148. The summed E-state index contributed by atoms with van der Waals surface area (Å²) >= 11 is 0. The molecule has 8 atom stereocenters. The molecule has 538 valence electrons. The maximum Gasteiger partial charge on any atom is 0.422 e. The first-order chi connectivity index (χ1) is 44.8. The number of nitrogens with zero attached hydrogens (tertiary/aromatic N) is 8. The van der Waals surface area contributed by atoms with Crippen LogP contribution >= 0.6 is 0 Å². The molecule has 22 nitrogen and oxygen atoms in total. The Hall–Kier alpha value is -7.10. The van der Waals surface area contributed by atoms with Crippen LogP contribution in [0.15, 0.2) is 12.1 Å². The molecule has 96 heavy (non-hydrogen) atoms. The fourth-order valence-corrected chi connectivity index (χ4v) is 14.1. The summed E-state index contributed by atoms with van der Waals surface area (Å²) in [4.78, 5) is 169. The van der Waals surface area contributed by atoms with Gasteiger partial charge in [0.2, 0.25) is 65.0 Å². The Bertz CT molecular complexity index is 2990. The first kappa shape index (κ1) is 77.9. The molecule has 3 aliphatic carbocycles. The van der Waals surface area contributed by atoms with Gasteiger partial charge in [0.15, 0.2) is 0 Å². The summed E-state index contributed by atoms with van der Waals surface area (Å²) < 4.78 is 103. The number of nitrogens with one attached hydrogen (secondary N) is 3. The molecule has 1 spiro atoms. The Morgan fingerprint density at radius 3 is 1.74 bits per heavy atom. The number of hydrogen-bond donors (Lipinski definition) is 3. The number of halogens is 7. The van der Waals surface area contributed by atoms with E-state index in [1.807, 2.05) is 20.8 Å². The highest BCUT2D eigenvalue weighted by Gasteiger charge is 2.56. The summed E-state index contributed by atoms with van der Waals surface area (Å²) in [7, 11) is 9.58. The molecule has 0 bridgehead atoms. The molecule has 2 heterocycles. The molecule has 11 amide bonds. The molecule has 5 aliphatic rings. The second kappa shape index (κ2) is 33.0. The number of amides is 11. The molecule has 1 aromatic carbocycles. The minimum Gasteiger partial charge on any atom is -0.343 e. The van der Waals surface area contributed by atoms with E-state index in [9.17, 15) is 65.1 Å². The lowest BCUT2D eigenvalue weighted by Gasteiger charge is -2.47. The summed E-state index contributed by atoms with van der Waals surface area (Å²) in [5, 5.41) is 7.94. The number of fused-ring (bicyclic) bond motifs is 1. The highest BCUT2D eigenvalue weighted by atomic mass is 19.4. The summed E-state index contributed by atoms with van der Waals surface area (Å²) in [6.45, 7) is 5.47. The van der Waals surface area contributed by atoms with Crippen LogP contribution in [0.25, 0.3) is 0 Å². The summed E-state index contributed by atoms with van der Waals surface area (Å²) in [6, 6.07) is -8.83. The van der Waals surface area contributed by atoms with Crippen molar-refractivity contribution in [1.29, 1.82) is 0 Å². The standard InChI is InChI=1S/C67H100F7N11O11/c1-13-40(4)56-62(94)80(8)36-53(88)78(6)37-54(89)83(11)49(33-42-21-16-14-17-22-42)61(93)79(7)35-51(86)75-47(26-25-43-31-45(68)55(46(69)32-43)67(72,73)74)60(92)85-38-66(70,71)34-50(85)59(91)77-65(27-20-28-65)64(96)84(12)57(44-23-18-15-19-24-44)63(95)81(9)41(5)30-52(87)82(10)48(29-39(2)3)58(90)76-56/h31-32,39-42,44,47-50,56-57H,13-30,33-38H2,1-12H3,(H,75,86)(H,76,90)(H,77,91)/t40-,41+,47-,48-,49-,50?,56-,57-/m0/s1. The summed E-state index contributed by atoms with van der Waals surface area (Å²) in [5.41, 5.74) is -4.42. The molecule has 5 fully saturated rings. The molecule has 29 heteroatoms. The van der Waals surface area contributed by atoms with Gasteiger partial charge < -0.3 is 55.1 Å². The zero-order chi connectivity index (χ0) is 71.6. The second-order valence-electron chi connectivity index (χ2n) is 28.2. The number of alkyl halides is 5. The van der Waals surface area contributed by atoms with Crippen molar-refractivity contribution in [3.63, 3.8) is 0 Å². The zero-order valence-corrected chi connectivity index (χ0v) is 57.7. The van der Waals surface area contributed by atoms with Crippen molar-refractivity contribution in [3.8, 4) is 0 Å². The zero-order valence-electron chi connectivity index (χ0n) is 57.7. The van der Waals surface area contributed by atoms with Crippen molar-refractivity contribution >= 4 is 65.0 Å². The topological polar surface area (TPSA) is 250 Å². The first-order valence-electron chi connectivity index (χ1n) is 33.8. The third-order valence-corrected chi connectivity index (χ3v) is 20.5. The number of hydrogen-bond acceptors (Lipinski definition) is 11. The number of carbonyl (C=O) groups is 11. The van der Waals surface area contributed by atoms with Gasteiger partial charge in [-0.3, -0.25) is 52.7 Å². The third-order valence-electron chi connectivity index (χ3n) is 20.5. The average molecular weight is 1370 g/mol. The lowest BCUT2D eigenvalue weighted by Crippen LogP contribution is -2.68. The van der Waals surface area contributed by atoms with Crippen molar-refractivity contribution < 1.29 is 83.5 Å². The normalized spacial score (nSPS) is 27.1. The minimum atomic E-state index is -5.45. The van der Waals surface area contributed by atoms with Crippen LogP contribution in [-0.4, -0.2) is 233 Å². The Balaban J connectivity index is 1.41. The number of likely N-dealkylation sites (N-methyl/N-ethyl adjacent to an activating group) is 7. The molecular formula is C67H100F7N11O11. The average Bonchev–Trinajstić information content (AvgIpc) is 1.56. The molecule has 0 aromatic heterocycles. The van der Waals surface area contributed by atoms with Gasteiger partial charge in [-0.1, -0.05) is 85.5 Å². The summed E-state index contributed by atoms with van der Waals surface area (Å²) in [5.74, 6) is -17.8. The van der Waals surface area contributed by atoms with E-state index in [1.54, 1.807) is 13.8 Å². The molecule has 3 saturated carbocycles. The molecule has 3 N–H and O–H groups in total. The van der Waals surface area contributed by atoms with E-state index < -0.39 is 205 Å². The number of carbonyl (C=O) groups excluding carboxylic acids is 11. The van der Waals surface area contributed by atoms with Gasteiger partial charge in [0, 0.05) is 68.2 Å². The lowest BCUT2D eigenvalue weighted by molar-refractivity contribution is -0.156. The molecule has 0 radical (unpaired) electrons. The van der Waals surface area contributed by atoms with Crippen molar-refractivity contribution in [2.45, 2.75) is 223 Å². The van der Waals surface area contributed by atoms with E-state index in [-0.39, 0.29) is 43.9 Å². The molecular weight excluding hydrogens is 1270 g/mol. The Labute approximate surface area is 558 Å². The van der Waals surface area contributed by atoms with Crippen molar-refractivity contribution in [2.24, 2.45) is 23.7 Å².